The molecule has 2 aliphatic rings. The maximum Gasteiger partial charge on any atom is 0.214 e. The van der Waals surface area contributed by atoms with E-state index < -0.39 is 15.6 Å². The van der Waals surface area contributed by atoms with E-state index in [1.807, 2.05) is 0 Å². The van der Waals surface area contributed by atoms with Gasteiger partial charge in [0.1, 0.15) is 5.51 Å². The van der Waals surface area contributed by atoms with Gasteiger partial charge in [0.2, 0.25) is 15.2 Å². The summed E-state index contributed by atoms with van der Waals surface area (Å²) in [6.45, 7) is 4.64. The van der Waals surface area contributed by atoms with Crippen LogP contribution in [0.1, 0.15) is 19.8 Å². The molecule has 0 aliphatic carbocycles. The van der Waals surface area contributed by atoms with Gasteiger partial charge in [-0.15, -0.1) is 10.2 Å². The van der Waals surface area contributed by atoms with E-state index in [9.17, 15) is 8.42 Å². The van der Waals surface area contributed by atoms with Crippen molar-refractivity contribution in [2.45, 2.75) is 25.4 Å². The zero-order valence-electron chi connectivity index (χ0n) is 12.1. The molecule has 3 rings (SSSR count). The van der Waals surface area contributed by atoms with Crippen molar-refractivity contribution in [2.24, 2.45) is 0 Å². The Labute approximate surface area is 129 Å². The van der Waals surface area contributed by atoms with Gasteiger partial charge in [-0.3, -0.25) is 0 Å². The van der Waals surface area contributed by atoms with Crippen LogP contribution in [0.25, 0.3) is 0 Å². The molecule has 21 heavy (non-hydrogen) atoms. The Morgan fingerprint density at radius 1 is 1.43 bits per heavy atom. The Balaban J connectivity index is 1.77. The molecule has 0 amide bonds. The molecule has 7 nitrogen and oxygen atoms in total. The Morgan fingerprint density at radius 2 is 2.29 bits per heavy atom. The van der Waals surface area contributed by atoms with Gasteiger partial charge in [0.25, 0.3) is 0 Å². The molecule has 0 saturated carbocycles. The van der Waals surface area contributed by atoms with Crippen molar-refractivity contribution < 1.29 is 13.2 Å². The lowest BCUT2D eigenvalue weighted by Crippen LogP contribution is -2.61. The first kappa shape index (κ1) is 15.1. The smallest absolute Gasteiger partial charge is 0.214 e. The predicted octanol–water partition coefficient (Wildman–Crippen LogP) is 0.559. The molecular weight excluding hydrogens is 312 g/mol. The molecule has 0 bridgehead atoms. The number of anilines is 1. The van der Waals surface area contributed by atoms with Gasteiger partial charge in [-0.25, -0.2) is 8.42 Å². The van der Waals surface area contributed by atoms with E-state index in [4.69, 9.17) is 4.74 Å². The van der Waals surface area contributed by atoms with E-state index in [-0.39, 0.29) is 5.75 Å². The van der Waals surface area contributed by atoms with Crippen LogP contribution in [0, 0.1) is 0 Å². The van der Waals surface area contributed by atoms with E-state index in [1.165, 1.54) is 11.3 Å². The van der Waals surface area contributed by atoms with Gasteiger partial charge in [-0.2, -0.15) is 4.31 Å². The van der Waals surface area contributed by atoms with E-state index in [0.717, 1.165) is 24.5 Å². The maximum atomic E-state index is 12.1. The number of morpholine rings is 1. The van der Waals surface area contributed by atoms with Crippen LogP contribution in [-0.4, -0.2) is 67.1 Å². The lowest BCUT2D eigenvalue weighted by atomic mass is 9.92. The molecule has 0 aromatic carbocycles. The highest BCUT2D eigenvalue weighted by Crippen LogP contribution is 2.32. The topological polar surface area (TPSA) is 75.6 Å². The molecule has 2 aliphatic heterocycles. The molecule has 1 unspecified atom stereocenters. The second-order valence-electron chi connectivity index (χ2n) is 5.51. The van der Waals surface area contributed by atoms with Gasteiger partial charge in [0, 0.05) is 19.6 Å². The first-order valence-corrected chi connectivity index (χ1v) is 9.66. The Bertz CT molecular complexity index is 573. The first-order chi connectivity index (χ1) is 10.0. The van der Waals surface area contributed by atoms with Gasteiger partial charge < -0.3 is 9.64 Å². The standard InChI is InChI=1S/C12H20N4O3S2/c1-2-21(17,18)16-6-7-19-12(9-16)4-3-5-15(8-12)11-14-13-10-20-11/h10H,2-9H2,1H3. The van der Waals surface area contributed by atoms with Crippen LogP contribution >= 0.6 is 11.3 Å². The largest absolute Gasteiger partial charge is 0.370 e. The third kappa shape index (κ3) is 3.05. The number of hydrogen-bond acceptors (Lipinski definition) is 7. The van der Waals surface area contributed by atoms with Crippen LogP contribution in [0.4, 0.5) is 5.13 Å². The van der Waals surface area contributed by atoms with Crippen molar-refractivity contribution in [1.29, 1.82) is 0 Å². The molecule has 9 heteroatoms. The number of ether oxygens (including phenoxy) is 1. The molecule has 2 fully saturated rings. The average Bonchev–Trinajstić information content (AvgIpc) is 3.02. The third-order valence-electron chi connectivity index (χ3n) is 4.13. The lowest BCUT2D eigenvalue weighted by molar-refractivity contribution is -0.0949. The van der Waals surface area contributed by atoms with Crippen molar-refractivity contribution in [1.82, 2.24) is 14.5 Å². The average molecular weight is 332 g/mol. The van der Waals surface area contributed by atoms with Crippen LogP contribution in [0.5, 0.6) is 0 Å². The molecule has 118 valence electrons. The molecule has 3 heterocycles. The van der Waals surface area contributed by atoms with E-state index in [2.05, 4.69) is 15.1 Å². The summed E-state index contributed by atoms with van der Waals surface area (Å²) in [7, 11) is -3.16. The van der Waals surface area contributed by atoms with Crippen molar-refractivity contribution in [3.8, 4) is 0 Å². The van der Waals surface area contributed by atoms with Gasteiger partial charge in [0.05, 0.1) is 24.5 Å². The Hall–Kier alpha value is -0.770. The highest BCUT2D eigenvalue weighted by Gasteiger charge is 2.43. The number of aromatic nitrogens is 2. The lowest BCUT2D eigenvalue weighted by Gasteiger charge is -2.47. The normalized spacial score (nSPS) is 28.1. The highest BCUT2D eigenvalue weighted by atomic mass is 32.2. The molecule has 1 spiro atoms. The SMILES string of the molecule is CCS(=O)(=O)N1CCOC2(CCCN(c3nncs3)C2)C1. The van der Waals surface area contributed by atoms with Crippen LogP contribution in [0.2, 0.25) is 0 Å². The molecule has 1 atom stereocenters. The van der Waals surface area contributed by atoms with Crippen LogP contribution in [0.3, 0.4) is 0 Å². The second-order valence-corrected chi connectivity index (χ2v) is 8.58. The molecule has 2 saturated heterocycles. The fourth-order valence-corrected chi connectivity index (χ4v) is 4.78. The van der Waals surface area contributed by atoms with Gasteiger partial charge in [0.15, 0.2) is 0 Å². The molecular formula is C12H20N4O3S2. The number of hydrogen-bond donors (Lipinski definition) is 0. The third-order valence-corrected chi connectivity index (χ3v) is 6.71. The minimum Gasteiger partial charge on any atom is -0.370 e. The summed E-state index contributed by atoms with van der Waals surface area (Å²) in [6, 6.07) is 0. The molecule has 0 radical (unpaired) electrons. The monoisotopic (exact) mass is 332 g/mol. The first-order valence-electron chi connectivity index (χ1n) is 7.18. The summed E-state index contributed by atoms with van der Waals surface area (Å²) < 4.78 is 31.9. The zero-order chi connectivity index (χ0) is 14.9. The summed E-state index contributed by atoms with van der Waals surface area (Å²) in [5.41, 5.74) is 1.30. The highest BCUT2D eigenvalue weighted by molar-refractivity contribution is 7.89. The van der Waals surface area contributed by atoms with Gasteiger partial charge >= 0.3 is 0 Å². The quantitative estimate of drug-likeness (QED) is 0.805. The van der Waals surface area contributed by atoms with Crippen molar-refractivity contribution in [2.75, 3.05) is 43.4 Å². The molecule has 1 aromatic rings. The van der Waals surface area contributed by atoms with E-state index in [0.29, 0.717) is 26.2 Å². The van der Waals surface area contributed by atoms with Crippen LogP contribution in [0.15, 0.2) is 5.51 Å². The number of nitrogens with zero attached hydrogens (tertiary/aromatic N) is 4. The van der Waals surface area contributed by atoms with E-state index in [1.54, 1.807) is 16.7 Å². The van der Waals surface area contributed by atoms with Crippen molar-refractivity contribution in [3.05, 3.63) is 5.51 Å². The summed E-state index contributed by atoms with van der Waals surface area (Å²) in [5.74, 6) is 0.142. The van der Waals surface area contributed by atoms with E-state index >= 15 is 0 Å². The summed E-state index contributed by atoms with van der Waals surface area (Å²) in [6.07, 6.45) is 1.86. The zero-order valence-corrected chi connectivity index (χ0v) is 13.7. The predicted molar refractivity (Wildman–Crippen MR) is 81.1 cm³/mol. The number of rotatable bonds is 3. The summed E-state index contributed by atoms with van der Waals surface area (Å²) >= 11 is 1.50. The second kappa shape index (κ2) is 5.79. The molecule has 0 N–H and O–H groups in total. The Kier molecular flexibility index (Phi) is 4.17. The fourth-order valence-electron chi connectivity index (χ4n) is 3.04. The van der Waals surface area contributed by atoms with Crippen LogP contribution in [-0.2, 0) is 14.8 Å². The summed E-state index contributed by atoms with van der Waals surface area (Å²) in [5, 5.41) is 8.87. The van der Waals surface area contributed by atoms with Crippen molar-refractivity contribution in [3.63, 3.8) is 0 Å². The minimum absolute atomic E-state index is 0.142. The van der Waals surface area contributed by atoms with Gasteiger partial charge in [-0.05, 0) is 19.8 Å². The maximum absolute atomic E-state index is 12.1. The van der Waals surface area contributed by atoms with Gasteiger partial charge in [-0.1, -0.05) is 11.3 Å². The Morgan fingerprint density at radius 3 is 3.00 bits per heavy atom. The van der Waals surface area contributed by atoms with Crippen molar-refractivity contribution >= 4 is 26.5 Å². The number of piperidine rings is 1. The number of sulfonamides is 1. The van der Waals surface area contributed by atoms with Crippen LogP contribution < -0.4 is 4.90 Å². The molecule has 1 aromatic heterocycles. The fraction of sp³-hybridized carbons (Fsp3) is 0.833. The minimum atomic E-state index is -3.16. The summed E-state index contributed by atoms with van der Waals surface area (Å²) in [4.78, 5) is 2.16.